The summed E-state index contributed by atoms with van der Waals surface area (Å²) >= 11 is 0. The largest absolute Gasteiger partial charge is 0.374 e. The molecule has 0 saturated carbocycles. The number of nitrogens with one attached hydrogen (secondary N) is 2. The van der Waals surface area contributed by atoms with Crippen LogP contribution < -0.4 is 10.6 Å². The molecule has 0 radical (unpaired) electrons. The SMILES string of the molecule is CC(C)c1ccccc1NC(=O)NCC1CN(Cc2ccccc2)CCO1. The van der Waals surface area contributed by atoms with Gasteiger partial charge in [0.2, 0.25) is 0 Å². The van der Waals surface area contributed by atoms with Crippen LogP contribution in [0.3, 0.4) is 0 Å². The molecule has 3 rings (SSSR count). The van der Waals surface area contributed by atoms with Crippen LogP contribution in [0.5, 0.6) is 0 Å². The van der Waals surface area contributed by atoms with E-state index in [-0.39, 0.29) is 12.1 Å². The summed E-state index contributed by atoms with van der Waals surface area (Å²) in [6, 6.07) is 18.2. The van der Waals surface area contributed by atoms with E-state index in [9.17, 15) is 4.79 Å². The molecule has 2 N–H and O–H groups in total. The highest BCUT2D eigenvalue weighted by Gasteiger charge is 2.21. The van der Waals surface area contributed by atoms with Crippen molar-refractivity contribution >= 4 is 11.7 Å². The van der Waals surface area contributed by atoms with Gasteiger partial charge in [0.15, 0.2) is 0 Å². The van der Waals surface area contributed by atoms with Crippen LogP contribution in [0, 0.1) is 0 Å². The number of amides is 2. The van der Waals surface area contributed by atoms with Crippen LogP contribution in [0.25, 0.3) is 0 Å². The number of para-hydroxylation sites is 1. The zero-order valence-electron chi connectivity index (χ0n) is 16.2. The maximum Gasteiger partial charge on any atom is 0.319 e. The van der Waals surface area contributed by atoms with E-state index >= 15 is 0 Å². The Kier molecular flexibility index (Phi) is 6.85. The molecule has 1 atom stereocenters. The highest BCUT2D eigenvalue weighted by molar-refractivity contribution is 5.90. The molecule has 2 aromatic rings. The zero-order valence-corrected chi connectivity index (χ0v) is 16.2. The summed E-state index contributed by atoms with van der Waals surface area (Å²) in [5.41, 5.74) is 3.30. The number of benzene rings is 2. The van der Waals surface area contributed by atoms with E-state index in [1.807, 2.05) is 30.3 Å². The number of nitrogens with zero attached hydrogens (tertiary/aromatic N) is 1. The van der Waals surface area contributed by atoms with Crippen LogP contribution in [-0.4, -0.2) is 43.3 Å². The van der Waals surface area contributed by atoms with Crippen LogP contribution in [0.2, 0.25) is 0 Å². The lowest BCUT2D eigenvalue weighted by Gasteiger charge is -2.33. The predicted molar refractivity (Wildman–Crippen MR) is 109 cm³/mol. The van der Waals surface area contributed by atoms with Gasteiger partial charge in [0.1, 0.15) is 0 Å². The van der Waals surface area contributed by atoms with E-state index < -0.39 is 0 Å². The van der Waals surface area contributed by atoms with Gasteiger partial charge in [0.05, 0.1) is 12.7 Å². The minimum atomic E-state index is -0.188. The van der Waals surface area contributed by atoms with E-state index in [4.69, 9.17) is 4.74 Å². The van der Waals surface area contributed by atoms with Gasteiger partial charge in [0.25, 0.3) is 0 Å². The summed E-state index contributed by atoms with van der Waals surface area (Å²) in [5, 5.41) is 5.91. The number of morpholine rings is 1. The summed E-state index contributed by atoms with van der Waals surface area (Å²) in [7, 11) is 0. The summed E-state index contributed by atoms with van der Waals surface area (Å²) in [6.07, 6.45) is 0.00792. The number of carbonyl (C=O) groups excluding carboxylic acids is 1. The number of hydrogen-bond acceptors (Lipinski definition) is 3. The molecular weight excluding hydrogens is 338 g/mol. The molecule has 144 valence electrons. The number of ether oxygens (including phenoxy) is 1. The van der Waals surface area contributed by atoms with Gasteiger partial charge in [0, 0.05) is 31.9 Å². The molecule has 1 saturated heterocycles. The maximum atomic E-state index is 12.3. The Morgan fingerprint density at radius 1 is 1.15 bits per heavy atom. The van der Waals surface area contributed by atoms with Crippen LogP contribution in [0.1, 0.15) is 30.9 Å². The molecular formula is C22H29N3O2. The second kappa shape index (κ2) is 9.53. The summed E-state index contributed by atoms with van der Waals surface area (Å²) < 4.78 is 5.82. The lowest BCUT2D eigenvalue weighted by Crippen LogP contribution is -2.47. The fraction of sp³-hybridized carbons (Fsp3) is 0.409. The van der Waals surface area contributed by atoms with Crippen molar-refractivity contribution in [3.05, 3.63) is 65.7 Å². The maximum absolute atomic E-state index is 12.3. The topological polar surface area (TPSA) is 53.6 Å². The van der Waals surface area contributed by atoms with Gasteiger partial charge in [-0.3, -0.25) is 4.90 Å². The number of rotatable bonds is 6. The van der Waals surface area contributed by atoms with Crippen molar-refractivity contribution in [2.45, 2.75) is 32.4 Å². The van der Waals surface area contributed by atoms with Crippen molar-refractivity contribution < 1.29 is 9.53 Å². The first-order valence-corrected chi connectivity index (χ1v) is 9.63. The molecule has 1 fully saturated rings. The molecule has 2 amide bonds. The molecule has 0 bridgehead atoms. The second-order valence-electron chi connectivity index (χ2n) is 7.29. The molecule has 27 heavy (non-hydrogen) atoms. The van der Waals surface area contributed by atoms with Gasteiger partial charge < -0.3 is 15.4 Å². The molecule has 0 spiro atoms. The molecule has 1 aliphatic rings. The van der Waals surface area contributed by atoms with Crippen molar-refractivity contribution in [1.82, 2.24) is 10.2 Å². The number of hydrogen-bond donors (Lipinski definition) is 2. The smallest absolute Gasteiger partial charge is 0.319 e. The summed E-state index contributed by atoms with van der Waals surface area (Å²) in [4.78, 5) is 14.7. The average molecular weight is 367 g/mol. The Morgan fingerprint density at radius 2 is 1.89 bits per heavy atom. The summed E-state index contributed by atoms with van der Waals surface area (Å²) in [5.74, 6) is 0.356. The third-order valence-electron chi connectivity index (χ3n) is 4.79. The standard InChI is InChI=1S/C22H29N3O2/c1-17(2)20-10-6-7-11-21(20)24-22(26)23-14-19-16-25(12-13-27-19)15-18-8-4-3-5-9-18/h3-11,17,19H,12-16H2,1-2H3,(H2,23,24,26). The lowest BCUT2D eigenvalue weighted by atomic mass is 10.0. The third kappa shape index (κ3) is 5.81. The normalized spacial score (nSPS) is 17.7. The van der Waals surface area contributed by atoms with Crippen LogP contribution in [0.15, 0.2) is 54.6 Å². The molecule has 2 aromatic carbocycles. The predicted octanol–water partition coefficient (Wildman–Crippen LogP) is 3.83. The van der Waals surface area contributed by atoms with Crippen LogP contribution >= 0.6 is 0 Å². The number of urea groups is 1. The molecule has 0 aromatic heterocycles. The zero-order chi connectivity index (χ0) is 19.1. The molecule has 1 heterocycles. The van der Waals surface area contributed by atoms with Gasteiger partial charge in [-0.1, -0.05) is 62.4 Å². The average Bonchev–Trinajstić information content (AvgIpc) is 2.68. The minimum Gasteiger partial charge on any atom is -0.374 e. The van der Waals surface area contributed by atoms with E-state index in [2.05, 4.69) is 53.6 Å². The first kappa shape index (κ1) is 19.4. The fourth-order valence-electron chi connectivity index (χ4n) is 3.38. The third-order valence-corrected chi connectivity index (χ3v) is 4.79. The first-order chi connectivity index (χ1) is 13.1. The molecule has 5 nitrogen and oxygen atoms in total. The Morgan fingerprint density at radius 3 is 2.67 bits per heavy atom. The summed E-state index contributed by atoms with van der Waals surface area (Å²) in [6.45, 7) is 8.08. The van der Waals surface area contributed by atoms with E-state index in [1.165, 1.54) is 5.56 Å². The monoisotopic (exact) mass is 367 g/mol. The Labute approximate surface area is 161 Å². The molecule has 5 heteroatoms. The van der Waals surface area contributed by atoms with E-state index in [0.717, 1.165) is 30.9 Å². The quantitative estimate of drug-likeness (QED) is 0.816. The fourth-order valence-corrected chi connectivity index (χ4v) is 3.38. The van der Waals surface area contributed by atoms with Crippen molar-refractivity contribution in [1.29, 1.82) is 0 Å². The minimum absolute atomic E-state index is 0.00792. The van der Waals surface area contributed by atoms with Gasteiger partial charge in [-0.25, -0.2) is 4.79 Å². The Bertz CT molecular complexity index is 733. The number of anilines is 1. The van der Waals surface area contributed by atoms with Gasteiger partial charge in [-0.15, -0.1) is 0 Å². The lowest BCUT2D eigenvalue weighted by molar-refractivity contribution is -0.0285. The highest BCUT2D eigenvalue weighted by Crippen LogP contribution is 2.23. The van der Waals surface area contributed by atoms with Crippen LogP contribution in [-0.2, 0) is 11.3 Å². The van der Waals surface area contributed by atoms with Crippen molar-refractivity contribution in [3.8, 4) is 0 Å². The van der Waals surface area contributed by atoms with Crippen molar-refractivity contribution in [3.63, 3.8) is 0 Å². The molecule has 0 aliphatic carbocycles. The van der Waals surface area contributed by atoms with Gasteiger partial charge in [-0.2, -0.15) is 0 Å². The molecule has 1 aliphatic heterocycles. The molecule has 1 unspecified atom stereocenters. The van der Waals surface area contributed by atoms with Crippen molar-refractivity contribution in [2.75, 3.05) is 31.6 Å². The van der Waals surface area contributed by atoms with Crippen LogP contribution in [0.4, 0.5) is 10.5 Å². The Hall–Kier alpha value is -2.37. The Balaban J connectivity index is 1.47. The highest BCUT2D eigenvalue weighted by atomic mass is 16.5. The van der Waals surface area contributed by atoms with Crippen molar-refractivity contribution in [2.24, 2.45) is 0 Å². The van der Waals surface area contributed by atoms with Gasteiger partial charge >= 0.3 is 6.03 Å². The first-order valence-electron chi connectivity index (χ1n) is 9.63. The number of carbonyl (C=O) groups is 1. The van der Waals surface area contributed by atoms with E-state index in [1.54, 1.807) is 0 Å². The second-order valence-corrected chi connectivity index (χ2v) is 7.29. The van der Waals surface area contributed by atoms with Gasteiger partial charge in [-0.05, 0) is 23.1 Å². The van der Waals surface area contributed by atoms with E-state index in [0.29, 0.717) is 19.1 Å².